The zero-order valence-electron chi connectivity index (χ0n) is 19.2. The van der Waals surface area contributed by atoms with Crippen molar-refractivity contribution in [3.63, 3.8) is 0 Å². The van der Waals surface area contributed by atoms with Crippen molar-refractivity contribution in [2.24, 2.45) is 5.92 Å². The largest absolute Gasteiger partial charge is 0.416 e. The molecule has 1 aliphatic heterocycles. The molecular weight excluding hydrogens is 461 g/mol. The van der Waals surface area contributed by atoms with Gasteiger partial charge in [0.05, 0.1) is 23.2 Å². The average molecular weight is 491 g/mol. The van der Waals surface area contributed by atoms with E-state index in [0.29, 0.717) is 19.4 Å². The van der Waals surface area contributed by atoms with Crippen LogP contribution in [0.2, 0.25) is 0 Å². The van der Waals surface area contributed by atoms with E-state index in [1.807, 2.05) is 12.1 Å². The molecule has 2 amide bonds. The molecule has 1 atom stereocenters. The van der Waals surface area contributed by atoms with Gasteiger partial charge in [-0.1, -0.05) is 6.07 Å². The van der Waals surface area contributed by atoms with Gasteiger partial charge in [0.2, 0.25) is 5.91 Å². The van der Waals surface area contributed by atoms with Crippen LogP contribution in [0, 0.1) is 5.92 Å². The number of carbonyl (C=O) groups is 2. The summed E-state index contributed by atoms with van der Waals surface area (Å²) in [6.07, 6.45) is 2.05. The lowest BCUT2D eigenvalue weighted by Crippen LogP contribution is -2.58. The predicted molar refractivity (Wildman–Crippen MR) is 122 cm³/mol. The Morgan fingerprint density at radius 2 is 1.83 bits per heavy atom. The van der Waals surface area contributed by atoms with Gasteiger partial charge in [-0.2, -0.15) is 13.2 Å². The van der Waals surface area contributed by atoms with Crippen LogP contribution in [-0.2, 0) is 16.6 Å². The molecule has 1 aromatic carbocycles. The zero-order valence-corrected chi connectivity index (χ0v) is 19.2. The van der Waals surface area contributed by atoms with Crippen LogP contribution in [0.1, 0.15) is 53.6 Å². The fourth-order valence-electron chi connectivity index (χ4n) is 5.29. The van der Waals surface area contributed by atoms with Crippen LogP contribution >= 0.6 is 0 Å². The molecular formula is C25H29F3N4O3. The number of alkyl halides is 3. The van der Waals surface area contributed by atoms with E-state index in [2.05, 4.69) is 20.9 Å². The number of aliphatic hydroxyl groups is 1. The highest BCUT2D eigenvalue weighted by atomic mass is 19.4. The zero-order chi connectivity index (χ0) is 25.1. The van der Waals surface area contributed by atoms with Crippen molar-refractivity contribution < 1.29 is 27.9 Å². The fourth-order valence-corrected chi connectivity index (χ4v) is 5.29. The van der Waals surface area contributed by atoms with Crippen molar-refractivity contribution in [2.45, 2.75) is 49.4 Å². The van der Waals surface area contributed by atoms with Gasteiger partial charge in [0.1, 0.15) is 0 Å². The van der Waals surface area contributed by atoms with Gasteiger partial charge in [0.15, 0.2) is 0 Å². The Balaban J connectivity index is 1.36. The first-order chi connectivity index (χ1) is 16.6. The number of hydrogen-bond acceptors (Lipinski definition) is 5. The Hall–Kier alpha value is -2.98. The van der Waals surface area contributed by atoms with E-state index in [0.717, 1.165) is 49.6 Å². The summed E-state index contributed by atoms with van der Waals surface area (Å²) in [6, 6.07) is 7.73. The highest BCUT2D eigenvalue weighted by Crippen LogP contribution is 2.44. The third-order valence-electron chi connectivity index (χ3n) is 7.25. The van der Waals surface area contributed by atoms with Crippen LogP contribution in [0.5, 0.6) is 0 Å². The maximum absolute atomic E-state index is 12.9. The topological polar surface area (TPSA) is 103 Å². The molecule has 1 aromatic heterocycles. The molecule has 7 nitrogen and oxygen atoms in total. The molecule has 188 valence electrons. The van der Waals surface area contributed by atoms with Crippen molar-refractivity contribution in [3.8, 4) is 0 Å². The highest BCUT2D eigenvalue weighted by molar-refractivity contribution is 5.96. The number of halogens is 3. The number of hydrogen-bond donors (Lipinski definition) is 4. The monoisotopic (exact) mass is 490 g/mol. The Morgan fingerprint density at radius 3 is 2.46 bits per heavy atom. The molecule has 1 aliphatic carbocycles. The van der Waals surface area contributed by atoms with Crippen molar-refractivity contribution >= 4 is 11.8 Å². The van der Waals surface area contributed by atoms with E-state index in [1.54, 1.807) is 12.4 Å². The summed E-state index contributed by atoms with van der Waals surface area (Å²) in [6.45, 7) is 0.977. The number of nitrogens with one attached hydrogen (secondary N) is 3. The number of aromatic nitrogens is 1. The quantitative estimate of drug-likeness (QED) is 0.499. The second kappa shape index (κ2) is 9.94. The Kier molecular flexibility index (Phi) is 7.14. The molecule has 2 fully saturated rings. The van der Waals surface area contributed by atoms with E-state index in [-0.39, 0.29) is 18.0 Å². The van der Waals surface area contributed by atoms with Gasteiger partial charge >= 0.3 is 6.18 Å². The van der Waals surface area contributed by atoms with Gasteiger partial charge in [0, 0.05) is 24.5 Å². The van der Waals surface area contributed by atoms with Crippen molar-refractivity contribution in [2.75, 3.05) is 19.6 Å². The Labute approximate surface area is 201 Å². The molecule has 2 aliphatic rings. The van der Waals surface area contributed by atoms with Gasteiger partial charge in [-0.15, -0.1) is 0 Å². The van der Waals surface area contributed by atoms with Crippen molar-refractivity contribution in [1.82, 2.24) is 20.9 Å². The second-order valence-corrected chi connectivity index (χ2v) is 9.43. The third kappa shape index (κ3) is 5.65. The SMILES string of the molecule is O=C(CNC(=O)c1cccc(C(F)(F)F)c1)N[C@@]1(C2CCC(O)(c3ccncc3)CC2)CCNC1. The standard InChI is InChI=1S/C25H29F3N4O3/c26-25(27,28)20-3-1-2-17(14-20)22(34)31-15-21(33)32-23(10-13-30-16-23)18-4-8-24(35,9-5-18)19-6-11-29-12-7-19/h1-3,6-7,11-12,14,18,30,35H,4-5,8-10,13,15-16H2,(H,31,34)(H,32,33)/t18?,23-,24?/m0/s1. The first-order valence-electron chi connectivity index (χ1n) is 11.7. The summed E-state index contributed by atoms with van der Waals surface area (Å²) in [4.78, 5) is 29.1. The number of benzene rings is 1. The van der Waals surface area contributed by atoms with E-state index in [4.69, 9.17) is 0 Å². The van der Waals surface area contributed by atoms with E-state index < -0.39 is 34.7 Å². The molecule has 1 saturated carbocycles. The van der Waals surface area contributed by atoms with Crippen LogP contribution in [-0.4, -0.2) is 47.1 Å². The molecule has 10 heteroatoms. The molecule has 0 unspecified atom stereocenters. The van der Waals surface area contributed by atoms with E-state index in [9.17, 15) is 27.9 Å². The molecule has 35 heavy (non-hydrogen) atoms. The third-order valence-corrected chi connectivity index (χ3v) is 7.25. The summed E-state index contributed by atoms with van der Waals surface area (Å²) in [7, 11) is 0. The molecule has 2 aromatic rings. The van der Waals surface area contributed by atoms with Crippen LogP contribution in [0.4, 0.5) is 13.2 Å². The average Bonchev–Trinajstić information content (AvgIpc) is 3.32. The molecule has 4 rings (SSSR count). The molecule has 0 radical (unpaired) electrons. The molecule has 0 spiro atoms. The van der Waals surface area contributed by atoms with Crippen LogP contribution in [0.3, 0.4) is 0 Å². The minimum absolute atomic E-state index is 0.141. The van der Waals surface area contributed by atoms with Gasteiger partial charge < -0.3 is 21.1 Å². The lowest BCUT2D eigenvalue weighted by molar-refractivity contribution is -0.137. The maximum atomic E-state index is 12.9. The second-order valence-electron chi connectivity index (χ2n) is 9.43. The smallest absolute Gasteiger partial charge is 0.385 e. The fraction of sp³-hybridized carbons (Fsp3) is 0.480. The predicted octanol–water partition coefficient (Wildman–Crippen LogP) is 2.76. The molecule has 2 heterocycles. The lowest BCUT2D eigenvalue weighted by atomic mass is 9.68. The first-order valence-corrected chi connectivity index (χ1v) is 11.7. The van der Waals surface area contributed by atoms with E-state index >= 15 is 0 Å². The van der Waals surface area contributed by atoms with Gasteiger partial charge in [0.25, 0.3) is 5.91 Å². The summed E-state index contributed by atoms with van der Waals surface area (Å²) in [5.41, 5.74) is -1.67. The summed E-state index contributed by atoms with van der Waals surface area (Å²) >= 11 is 0. The Morgan fingerprint density at radius 1 is 1.11 bits per heavy atom. The lowest BCUT2D eigenvalue weighted by Gasteiger charge is -2.44. The maximum Gasteiger partial charge on any atom is 0.416 e. The summed E-state index contributed by atoms with van der Waals surface area (Å²) in [5.74, 6) is -1.00. The van der Waals surface area contributed by atoms with Gasteiger partial charge in [-0.3, -0.25) is 14.6 Å². The van der Waals surface area contributed by atoms with Crippen molar-refractivity contribution in [1.29, 1.82) is 0 Å². The first kappa shape index (κ1) is 25.1. The number of pyridine rings is 1. The van der Waals surface area contributed by atoms with E-state index in [1.165, 1.54) is 6.07 Å². The van der Waals surface area contributed by atoms with Crippen molar-refractivity contribution in [3.05, 3.63) is 65.5 Å². The normalized spacial score (nSPS) is 26.8. The molecule has 4 N–H and O–H groups in total. The van der Waals surface area contributed by atoms with Crippen LogP contribution < -0.4 is 16.0 Å². The summed E-state index contributed by atoms with van der Waals surface area (Å²) in [5, 5.41) is 19.9. The number of amides is 2. The van der Waals surface area contributed by atoms with Gasteiger partial charge in [-0.05, 0) is 80.5 Å². The molecule has 1 saturated heterocycles. The Bertz CT molecular complexity index is 1050. The number of rotatable bonds is 6. The number of nitrogens with zero attached hydrogens (tertiary/aromatic N) is 1. The minimum Gasteiger partial charge on any atom is -0.385 e. The highest BCUT2D eigenvalue weighted by Gasteiger charge is 2.46. The molecule has 0 bridgehead atoms. The van der Waals surface area contributed by atoms with Crippen LogP contribution in [0.15, 0.2) is 48.8 Å². The van der Waals surface area contributed by atoms with Gasteiger partial charge in [-0.25, -0.2) is 0 Å². The van der Waals surface area contributed by atoms with Crippen LogP contribution in [0.25, 0.3) is 0 Å². The summed E-state index contributed by atoms with van der Waals surface area (Å²) < 4.78 is 38.7. The minimum atomic E-state index is -4.56. The number of carbonyl (C=O) groups excluding carboxylic acids is 2.